The van der Waals surface area contributed by atoms with Crippen LogP contribution in [0, 0.1) is 5.82 Å². The number of morpholine rings is 1. The van der Waals surface area contributed by atoms with Crippen LogP contribution < -0.4 is 5.32 Å². The van der Waals surface area contributed by atoms with Gasteiger partial charge < -0.3 is 15.0 Å². The molecule has 0 saturated carbocycles. The maximum Gasteiger partial charge on any atom is 0.321 e. The Morgan fingerprint density at radius 1 is 1.03 bits per heavy atom. The van der Waals surface area contributed by atoms with Gasteiger partial charge in [-0.3, -0.25) is 4.90 Å². The van der Waals surface area contributed by atoms with Crippen LogP contribution in [0.2, 0.25) is 0 Å². The zero-order valence-electron chi connectivity index (χ0n) is 20.4. The smallest absolute Gasteiger partial charge is 0.321 e. The second-order valence-corrected chi connectivity index (χ2v) is 9.42. The molecule has 9 nitrogen and oxygen atoms in total. The summed E-state index contributed by atoms with van der Waals surface area (Å²) >= 11 is 0. The number of rotatable bonds is 5. The molecule has 190 valence electrons. The van der Waals surface area contributed by atoms with Crippen molar-refractivity contribution < 1.29 is 13.9 Å². The number of fused-ring (bicyclic) bond motifs is 1. The molecule has 0 spiro atoms. The Balaban J connectivity index is 1.24. The average molecular weight is 502 g/mol. The lowest BCUT2D eigenvalue weighted by molar-refractivity contribution is 0.0342. The standard InChI is InChI=1S/C27H28FN7O2/c28-23-7-6-21(30-27(36)34-8-1-2-9-34)15-22(23)25-18-35-26(31-25)29-16-24(32-35)20-5-3-4-19(14-20)17-33-10-12-37-13-11-33/h3-7,14-16,18H,1-2,8-13,17H2,(H,30,36). The summed E-state index contributed by atoms with van der Waals surface area (Å²) in [6, 6.07) is 12.6. The highest BCUT2D eigenvalue weighted by Crippen LogP contribution is 2.27. The number of likely N-dealkylation sites (tertiary alicyclic amines) is 1. The topological polar surface area (TPSA) is 87.9 Å². The molecule has 4 aromatic rings. The van der Waals surface area contributed by atoms with E-state index in [1.165, 1.54) is 11.6 Å². The molecule has 2 amide bonds. The molecule has 0 unspecified atom stereocenters. The number of urea groups is 1. The molecule has 2 fully saturated rings. The summed E-state index contributed by atoms with van der Waals surface area (Å²) in [4.78, 5) is 25.5. The molecule has 2 saturated heterocycles. The van der Waals surface area contributed by atoms with E-state index < -0.39 is 5.82 Å². The minimum atomic E-state index is -0.432. The van der Waals surface area contributed by atoms with Gasteiger partial charge in [0.25, 0.3) is 5.78 Å². The minimum absolute atomic E-state index is 0.172. The summed E-state index contributed by atoms with van der Waals surface area (Å²) in [6.07, 6.45) is 5.35. The van der Waals surface area contributed by atoms with Gasteiger partial charge in [0.05, 0.1) is 31.3 Å². The Labute approximate surface area is 213 Å². The van der Waals surface area contributed by atoms with Crippen molar-refractivity contribution in [3.8, 4) is 22.5 Å². The molecule has 2 aromatic heterocycles. The molecule has 0 atom stereocenters. The second-order valence-electron chi connectivity index (χ2n) is 9.42. The third-order valence-corrected chi connectivity index (χ3v) is 6.81. The highest BCUT2D eigenvalue weighted by atomic mass is 19.1. The summed E-state index contributed by atoms with van der Waals surface area (Å²) in [5, 5.41) is 7.56. The number of amides is 2. The van der Waals surface area contributed by atoms with Crippen LogP contribution in [0.25, 0.3) is 28.3 Å². The van der Waals surface area contributed by atoms with Crippen LogP contribution in [0.15, 0.2) is 54.9 Å². The van der Waals surface area contributed by atoms with Crippen LogP contribution in [0.5, 0.6) is 0 Å². The molecular formula is C27H28FN7O2. The highest BCUT2D eigenvalue weighted by molar-refractivity contribution is 5.90. The van der Waals surface area contributed by atoms with Gasteiger partial charge >= 0.3 is 6.03 Å². The number of imidazole rings is 1. The molecule has 2 aliphatic rings. The number of carbonyl (C=O) groups excluding carboxylic acids is 1. The Morgan fingerprint density at radius 3 is 2.70 bits per heavy atom. The maximum atomic E-state index is 14.8. The van der Waals surface area contributed by atoms with Crippen molar-refractivity contribution in [2.24, 2.45) is 0 Å². The van der Waals surface area contributed by atoms with Crippen LogP contribution >= 0.6 is 0 Å². The van der Waals surface area contributed by atoms with Crippen molar-refractivity contribution >= 4 is 17.5 Å². The number of halogens is 1. The number of hydrogen-bond donors (Lipinski definition) is 1. The van der Waals surface area contributed by atoms with Crippen molar-refractivity contribution in [2.45, 2.75) is 19.4 Å². The molecule has 10 heteroatoms. The first-order valence-corrected chi connectivity index (χ1v) is 12.6. The first-order valence-electron chi connectivity index (χ1n) is 12.6. The fourth-order valence-corrected chi connectivity index (χ4v) is 4.81. The molecule has 6 rings (SSSR count). The van der Waals surface area contributed by atoms with Gasteiger partial charge in [-0.15, -0.1) is 0 Å². The molecule has 0 radical (unpaired) electrons. The molecule has 37 heavy (non-hydrogen) atoms. The molecule has 1 N–H and O–H groups in total. The van der Waals surface area contributed by atoms with Crippen molar-refractivity contribution in [1.82, 2.24) is 29.4 Å². The minimum Gasteiger partial charge on any atom is -0.379 e. The van der Waals surface area contributed by atoms with Crippen molar-refractivity contribution in [3.05, 3.63) is 66.2 Å². The number of carbonyl (C=O) groups is 1. The van der Waals surface area contributed by atoms with Crippen LogP contribution in [0.4, 0.5) is 14.9 Å². The van der Waals surface area contributed by atoms with E-state index in [2.05, 4.69) is 32.3 Å². The zero-order chi connectivity index (χ0) is 25.2. The number of hydrogen-bond acceptors (Lipinski definition) is 6. The molecule has 4 heterocycles. The lowest BCUT2D eigenvalue weighted by atomic mass is 10.1. The maximum absolute atomic E-state index is 14.8. The van der Waals surface area contributed by atoms with Gasteiger partial charge in [0, 0.05) is 49.5 Å². The van der Waals surface area contributed by atoms with E-state index in [0.717, 1.165) is 64.3 Å². The highest BCUT2D eigenvalue weighted by Gasteiger charge is 2.19. The quantitative estimate of drug-likeness (QED) is 0.444. The molecule has 0 bridgehead atoms. The predicted molar refractivity (Wildman–Crippen MR) is 138 cm³/mol. The number of nitrogens with zero attached hydrogens (tertiary/aromatic N) is 6. The van der Waals surface area contributed by atoms with Gasteiger partial charge in [0.2, 0.25) is 0 Å². The molecule has 2 aromatic carbocycles. The fourth-order valence-electron chi connectivity index (χ4n) is 4.81. The van der Waals surface area contributed by atoms with Crippen LogP contribution in [0.3, 0.4) is 0 Å². The van der Waals surface area contributed by atoms with Crippen LogP contribution in [-0.4, -0.2) is 74.8 Å². The first-order chi connectivity index (χ1) is 18.1. The third kappa shape index (κ3) is 5.16. The normalized spacial score (nSPS) is 16.4. The van der Waals surface area contributed by atoms with Crippen molar-refractivity contribution in [3.63, 3.8) is 0 Å². The van der Waals surface area contributed by atoms with Crippen molar-refractivity contribution in [2.75, 3.05) is 44.7 Å². The SMILES string of the molecule is O=C(Nc1ccc(F)c(-c2cn3nc(-c4cccc(CN5CCOCC5)c4)cnc3n2)c1)N1CCCC1. The van der Waals surface area contributed by atoms with E-state index in [9.17, 15) is 9.18 Å². The van der Waals surface area contributed by atoms with E-state index in [0.29, 0.717) is 22.9 Å². The van der Waals surface area contributed by atoms with Crippen molar-refractivity contribution in [1.29, 1.82) is 0 Å². The summed E-state index contributed by atoms with van der Waals surface area (Å²) in [6.45, 7) is 5.70. The number of ether oxygens (including phenoxy) is 1. The average Bonchev–Trinajstić information content (AvgIpc) is 3.61. The van der Waals surface area contributed by atoms with E-state index in [1.54, 1.807) is 33.9 Å². The van der Waals surface area contributed by atoms with Gasteiger partial charge in [-0.2, -0.15) is 5.10 Å². The van der Waals surface area contributed by atoms with E-state index in [-0.39, 0.29) is 11.6 Å². The lowest BCUT2D eigenvalue weighted by Crippen LogP contribution is -2.35. The van der Waals surface area contributed by atoms with E-state index >= 15 is 0 Å². The number of nitrogens with one attached hydrogen (secondary N) is 1. The Hall–Kier alpha value is -3.89. The number of aromatic nitrogens is 4. The molecule has 2 aliphatic heterocycles. The van der Waals surface area contributed by atoms with E-state index in [1.807, 2.05) is 12.1 Å². The Morgan fingerprint density at radius 2 is 1.86 bits per heavy atom. The molecular weight excluding hydrogens is 473 g/mol. The van der Waals surface area contributed by atoms with Crippen LogP contribution in [-0.2, 0) is 11.3 Å². The number of benzene rings is 2. The fraction of sp³-hybridized carbons (Fsp3) is 0.333. The molecule has 0 aliphatic carbocycles. The lowest BCUT2D eigenvalue weighted by Gasteiger charge is -2.26. The Kier molecular flexibility index (Phi) is 6.50. The van der Waals surface area contributed by atoms with Gasteiger partial charge in [-0.25, -0.2) is 23.7 Å². The third-order valence-electron chi connectivity index (χ3n) is 6.81. The summed E-state index contributed by atoms with van der Waals surface area (Å²) < 4.78 is 21.8. The largest absolute Gasteiger partial charge is 0.379 e. The first kappa shape index (κ1) is 23.5. The van der Waals surface area contributed by atoms with Gasteiger partial charge in [-0.1, -0.05) is 18.2 Å². The summed E-state index contributed by atoms with van der Waals surface area (Å²) in [5.41, 5.74) is 4.04. The zero-order valence-corrected chi connectivity index (χ0v) is 20.4. The van der Waals surface area contributed by atoms with Gasteiger partial charge in [-0.05, 0) is 42.7 Å². The second kappa shape index (κ2) is 10.2. The summed E-state index contributed by atoms with van der Waals surface area (Å²) in [7, 11) is 0. The predicted octanol–water partition coefficient (Wildman–Crippen LogP) is 4.06. The number of anilines is 1. The summed E-state index contributed by atoms with van der Waals surface area (Å²) in [5.74, 6) is -0.0623. The van der Waals surface area contributed by atoms with E-state index in [4.69, 9.17) is 9.84 Å². The monoisotopic (exact) mass is 501 g/mol. The van der Waals surface area contributed by atoms with Crippen LogP contribution in [0.1, 0.15) is 18.4 Å². The van der Waals surface area contributed by atoms with Gasteiger partial charge in [0.15, 0.2) is 0 Å². The Bertz CT molecular complexity index is 1430. The van der Waals surface area contributed by atoms with Gasteiger partial charge in [0.1, 0.15) is 11.5 Å².